The Bertz CT molecular complexity index is 624. The smallest absolute Gasteiger partial charge is 0.137 e. The van der Waals surface area contributed by atoms with Gasteiger partial charge in [-0.2, -0.15) is 0 Å². The molecule has 0 aliphatic rings. The molecule has 0 saturated carbocycles. The van der Waals surface area contributed by atoms with Gasteiger partial charge >= 0.3 is 0 Å². The third kappa shape index (κ3) is 4.81. The maximum atomic E-state index is 10.3. The van der Waals surface area contributed by atoms with Crippen molar-refractivity contribution in [1.82, 2.24) is 9.55 Å². The molecule has 0 radical (unpaired) electrons. The number of aromatic nitrogens is 2. The van der Waals surface area contributed by atoms with E-state index in [0.29, 0.717) is 13.2 Å². The second kappa shape index (κ2) is 8.13. The van der Waals surface area contributed by atoms with Crippen LogP contribution >= 0.6 is 0 Å². The highest BCUT2D eigenvalue weighted by atomic mass is 16.5. The van der Waals surface area contributed by atoms with Crippen molar-refractivity contribution in [2.45, 2.75) is 46.4 Å². The normalized spacial score (nSPS) is 13.8. The number of imidazole rings is 1. The van der Waals surface area contributed by atoms with Gasteiger partial charge in [0.05, 0.1) is 6.54 Å². The van der Waals surface area contributed by atoms with Crippen molar-refractivity contribution in [3.63, 3.8) is 0 Å². The second-order valence-corrected chi connectivity index (χ2v) is 5.77. The van der Waals surface area contributed by atoms with E-state index in [2.05, 4.69) is 4.98 Å². The quantitative estimate of drug-likeness (QED) is 0.813. The van der Waals surface area contributed by atoms with Crippen LogP contribution in [-0.4, -0.2) is 34.0 Å². The molecule has 0 bridgehead atoms. The van der Waals surface area contributed by atoms with E-state index >= 15 is 0 Å². The van der Waals surface area contributed by atoms with Crippen molar-refractivity contribution in [3.05, 3.63) is 47.5 Å². The molecule has 1 N–H and O–H groups in total. The summed E-state index contributed by atoms with van der Waals surface area (Å²) in [5.74, 6) is 1.63. The summed E-state index contributed by atoms with van der Waals surface area (Å²) in [5.41, 5.74) is 2.21. The first-order valence-corrected chi connectivity index (χ1v) is 8.02. The molecule has 0 amide bonds. The number of benzene rings is 1. The molecule has 0 aliphatic carbocycles. The Morgan fingerprint density at radius 1 is 1.30 bits per heavy atom. The summed E-state index contributed by atoms with van der Waals surface area (Å²) in [7, 11) is 0. The van der Waals surface area contributed by atoms with Crippen molar-refractivity contribution in [2.24, 2.45) is 0 Å². The molecule has 126 valence electrons. The van der Waals surface area contributed by atoms with Crippen LogP contribution in [0.2, 0.25) is 0 Å². The molecule has 2 rings (SSSR count). The average molecular weight is 318 g/mol. The van der Waals surface area contributed by atoms with Crippen LogP contribution in [0.5, 0.6) is 5.75 Å². The monoisotopic (exact) mass is 318 g/mol. The lowest BCUT2D eigenvalue weighted by atomic mass is 10.1. The Kier molecular flexibility index (Phi) is 6.19. The highest BCUT2D eigenvalue weighted by Crippen LogP contribution is 2.20. The third-order valence-electron chi connectivity index (χ3n) is 3.71. The lowest BCUT2D eigenvalue weighted by Gasteiger charge is -2.18. The molecule has 2 atom stereocenters. The summed E-state index contributed by atoms with van der Waals surface area (Å²) in [6.07, 6.45) is 2.87. The maximum Gasteiger partial charge on any atom is 0.137 e. The molecule has 1 heterocycles. The summed E-state index contributed by atoms with van der Waals surface area (Å²) in [6, 6.07) is 6.06. The predicted molar refractivity (Wildman–Crippen MR) is 89.7 cm³/mol. The van der Waals surface area contributed by atoms with E-state index in [0.717, 1.165) is 22.7 Å². The molecule has 1 aromatic heterocycles. The fourth-order valence-electron chi connectivity index (χ4n) is 2.49. The van der Waals surface area contributed by atoms with Crippen LogP contribution in [0.15, 0.2) is 30.6 Å². The molecule has 0 saturated heterocycles. The SMILES string of the molecule is CCOC(C)c1nccn1CC(O)COc1cc(C)ccc1C. The Balaban J connectivity index is 1.94. The number of aliphatic hydroxyl groups is 1. The summed E-state index contributed by atoms with van der Waals surface area (Å²) in [5, 5.41) is 10.3. The van der Waals surface area contributed by atoms with E-state index < -0.39 is 6.10 Å². The van der Waals surface area contributed by atoms with Crippen LogP contribution in [0.3, 0.4) is 0 Å². The van der Waals surface area contributed by atoms with Crippen molar-refractivity contribution >= 4 is 0 Å². The van der Waals surface area contributed by atoms with E-state index in [1.807, 2.05) is 56.7 Å². The van der Waals surface area contributed by atoms with Crippen LogP contribution in [0.25, 0.3) is 0 Å². The minimum Gasteiger partial charge on any atom is -0.491 e. The molecule has 2 unspecified atom stereocenters. The lowest BCUT2D eigenvalue weighted by molar-refractivity contribution is 0.0597. The summed E-state index contributed by atoms with van der Waals surface area (Å²) >= 11 is 0. The number of nitrogens with zero attached hydrogens (tertiary/aromatic N) is 2. The first-order valence-electron chi connectivity index (χ1n) is 8.02. The number of hydrogen-bond donors (Lipinski definition) is 1. The Labute approximate surface area is 137 Å². The maximum absolute atomic E-state index is 10.3. The van der Waals surface area contributed by atoms with Crippen molar-refractivity contribution in [1.29, 1.82) is 0 Å². The van der Waals surface area contributed by atoms with Crippen molar-refractivity contribution in [2.75, 3.05) is 13.2 Å². The van der Waals surface area contributed by atoms with Crippen LogP contribution in [-0.2, 0) is 11.3 Å². The Morgan fingerprint density at radius 2 is 2.09 bits per heavy atom. The lowest BCUT2D eigenvalue weighted by Crippen LogP contribution is -2.25. The van der Waals surface area contributed by atoms with Crippen molar-refractivity contribution in [3.8, 4) is 5.75 Å². The number of aryl methyl sites for hydroxylation is 2. The largest absolute Gasteiger partial charge is 0.491 e. The summed E-state index contributed by atoms with van der Waals surface area (Å²) in [6.45, 7) is 9.24. The molecular formula is C18H26N2O3. The molecule has 23 heavy (non-hydrogen) atoms. The average Bonchev–Trinajstić information content (AvgIpc) is 2.96. The number of aliphatic hydroxyl groups excluding tert-OH is 1. The van der Waals surface area contributed by atoms with E-state index in [9.17, 15) is 5.11 Å². The first kappa shape index (κ1) is 17.5. The summed E-state index contributed by atoms with van der Waals surface area (Å²) < 4.78 is 13.2. The summed E-state index contributed by atoms with van der Waals surface area (Å²) in [4.78, 5) is 4.32. The fraction of sp³-hybridized carbons (Fsp3) is 0.500. The van der Waals surface area contributed by atoms with Gasteiger partial charge in [-0.05, 0) is 44.9 Å². The minimum absolute atomic E-state index is 0.0952. The number of ether oxygens (including phenoxy) is 2. The van der Waals surface area contributed by atoms with Crippen LogP contribution in [0.1, 0.15) is 36.9 Å². The number of hydrogen-bond acceptors (Lipinski definition) is 4. The van der Waals surface area contributed by atoms with Crippen LogP contribution in [0, 0.1) is 13.8 Å². The Morgan fingerprint density at radius 3 is 2.83 bits per heavy atom. The second-order valence-electron chi connectivity index (χ2n) is 5.77. The van der Waals surface area contributed by atoms with E-state index in [4.69, 9.17) is 9.47 Å². The first-order chi connectivity index (χ1) is 11.0. The molecule has 5 nitrogen and oxygen atoms in total. The zero-order valence-corrected chi connectivity index (χ0v) is 14.3. The molecule has 0 aliphatic heterocycles. The van der Waals surface area contributed by atoms with Crippen LogP contribution < -0.4 is 4.74 Å². The minimum atomic E-state index is -0.614. The van der Waals surface area contributed by atoms with Gasteiger partial charge < -0.3 is 19.1 Å². The third-order valence-corrected chi connectivity index (χ3v) is 3.71. The zero-order valence-electron chi connectivity index (χ0n) is 14.3. The van der Waals surface area contributed by atoms with Gasteiger partial charge in [-0.25, -0.2) is 4.98 Å². The van der Waals surface area contributed by atoms with Gasteiger partial charge in [-0.15, -0.1) is 0 Å². The fourth-order valence-corrected chi connectivity index (χ4v) is 2.49. The van der Waals surface area contributed by atoms with Gasteiger partial charge in [0.15, 0.2) is 0 Å². The van der Waals surface area contributed by atoms with E-state index in [-0.39, 0.29) is 12.7 Å². The van der Waals surface area contributed by atoms with Crippen molar-refractivity contribution < 1.29 is 14.6 Å². The van der Waals surface area contributed by atoms with E-state index in [1.165, 1.54) is 0 Å². The Hall–Kier alpha value is -1.85. The zero-order chi connectivity index (χ0) is 16.8. The number of rotatable bonds is 8. The van der Waals surface area contributed by atoms with Gasteiger partial charge in [0, 0.05) is 19.0 Å². The van der Waals surface area contributed by atoms with E-state index in [1.54, 1.807) is 6.20 Å². The molecule has 0 spiro atoms. The highest BCUT2D eigenvalue weighted by Gasteiger charge is 2.15. The van der Waals surface area contributed by atoms with Gasteiger partial charge in [0.25, 0.3) is 0 Å². The van der Waals surface area contributed by atoms with Crippen LogP contribution in [0.4, 0.5) is 0 Å². The predicted octanol–water partition coefficient (Wildman–Crippen LogP) is 3.04. The molecule has 1 aromatic carbocycles. The standard InChI is InChI=1S/C18H26N2O3/c1-5-22-15(4)18-19-8-9-20(18)11-16(21)12-23-17-10-13(2)6-7-14(17)3/h6-10,15-16,21H,5,11-12H2,1-4H3. The molecular weight excluding hydrogens is 292 g/mol. The van der Waals surface area contributed by atoms with Gasteiger partial charge in [-0.3, -0.25) is 0 Å². The van der Waals surface area contributed by atoms with Gasteiger partial charge in [-0.1, -0.05) is 12.1 Å². The topological polar surface area (TPSA) is 56.5 Å². The molecule has 5 heteroatoms. The van der Waals surface area contributed by atoms with Gasteiger partial charge in [0.1, 0.15) is 30.4 Å². The molecule has 0 fully saturated rings. The van der Waals surface area contributed by atoms with Gasteiger partial charge in [0.2, 0.25) is 0 Å². The molecule has 2 aromatic rings. The highest BCUT2D eigenvalue weighted by molar-refractivity contribution is 5.35.